The zero-order valence-electron chi connectivity index (χ0n) is 9.09. The predicted octanol–water partition coefficient (Wildman–Crippen LogP) is 3.43. The van der Waals surface area contributed by atoms with Crippen molar-refractivity contribution in [1.29, 1.82) is 0 Å². The number of nitrogens with zero attached hydrogens (tertiary/aromatic N) is 1. The molecule has 0 radical (unpaired) electrons. The van der Waals surface area contributed by atoms with Crippen LogP contribution in [-0.2, 0) is 0 Å². The second-order valence-electron chi connectivity index (χ2n) is 3.20. The Morgan fingerprint density at radius 2 is 2.06 bits per heavy atom. The Morgan fingerprint density at radius 1 is 1.25 bits per heavy atom. The number of hydrogen-bond donors (Lipinski definition) is 0. The Morgan fingerprint density at radius 3 is 2.69 bits per heavy atom. The van der Waals surface area contributed by atoms with Crippen LogP contribution < -0.4 is 4.74 Å². The van der Waals surface area contributed by atoms with Crippen molar-refractivity contribution < 1.29 is 9.15 Å². The first-order valence-corrected chi connectivity index (χ1v) is 5.19. The van der Waals surface area contributed by atoms with E-state index in [9.17, 15) is 0 Å². The monoisotopic (exact) mass is 215 g/mol. The van der Waals surface area contributed by atoms with Crippen molar-refractivity contribution in [2.75, 3.05) is 6.61 Å². The minimum absolute atomic E-state index is 0.676. The standard InChI is InChI=1S/C13H13NO2/c1-2-15-12-7-5-11(6-8-12)14-10-13-4-3-9-16-13/h3-10H,2H2,1H3. The smallest absolute Gasteiger partial charge is 0.144 e. The predicted molar refractivity (Wildman–Crippen MR) is 63.6 cm³/mol. The number of benzene rings is 1. The second-order valence-corrected chi connectivity index (χ2v) is 3.20. The molecule has 0 spiro atoms. The molecule has 0 aliphatic heterocycles. The van der Waals surface area contributed by atoms with Gasteiger partial charge in [0.05, 0.1) is 24.8 Å². The summed E-state index contributed by atoms with van der Waals surface area (Å²) in [5.74, 6) is 1.60. The molecule has 1 aromatic heterocycles. The van der Waals surface area contributed by atoms with Crippen LogP contribution in [0.5, 0.6) is 5.75 Å². The summed E-state index contributed by atoms with van der Waals surface area (Å²) < 4.78 is 10.5. The lowest BCUT2D eigenvalue weighted by Crippen LogP contribution is -1.89. The summed E-state index contributed by atoms with van der Waals surface area (Å²) in [7, 11) is 0. The lowest BCUT2D eigenvalue weighted by atomic mass is 10.3. The molecule has 1 aromatic carbocycles. The summed E-state index contributed by atoms with van der Waals surface area (Å²) in [6.45, 7) is 2.64. The average molecular weight is 215 g/mol. The first-order valence-electron chi connectivity index (χ1n) is 5.19. The molecule has 0 atom stereocenters. The van der Waals surface area contributed by atoms with Crippen LogP contribution in [0.4, 0.5) is 5.69 Å². The Labute approximate surface area is 94.4 Å². The minimum atomic E-state index is 0.676. The second kappa shape index (κ2) is 5.16. The number of hydrogen-bond acceptors (Lipinski definition) is 3. The van der Waals surface area contributed by atoms with Gasteiger partial charge in [0.2, 0.25) is 0 Å². The van der Waals surface area contributed by atoms with Gasteiger partial charge in [0.1, 0.15) is 11.5 Å². The third kappa shape index (κ3) is 2.73. The fourth-order valence-corrected chi connectivity index (χ4v) is 1.30. The number of ether oxygens (including phenoxy) is 1. The number of rotatable bonds is 4. The van der Waals surface area contributed by atoms with Crippen LogP contribution in [-0.4, -0.2) is 12.8 Å². The summed E-state index contributed by atoms with van der Waals surface area (Å²) in [5.41, 5.74) is 0.875. The highest BCUT2D eigenvalue weighted by molar-refractivity contribution is 5.78. The molecule has 3 heteroatoms. The van der Waals surface area contributed by atoms with Crippen molar-refractivity contribution in [1.82, 2.24) is 0 Å². The largest absolute Gasteiger partial charge is 0.494 e. The van der Waals surface area contributed by atoms with Gasteiger partial charge in [0.15, 0.2) is 0 Å². The highest BCUT2D eigenvalue weighted by Gasteiger charge is 1.93. The van der Waals surface area contributed by atoms with Crippen LogP contribution in [0.2, 0.25) is 0 Å². The first kappa shape index (κ1) is 10.5. The van der Waals surface area contributed by atoms with E-state index < -0.39 is 0 Å². The Balaban J connectivity index is 2.05. The summed E-state index contributed by atoms with van der Waals surface area (Å²) in [6.07, 6.45) is 3.31. The van der Waals surface area contributed by atoms with E-state index in [2.05, 4.69) is 4.99 Å². The van der Waals surface area contributed by atoms with Crippen LogP contribution in [0, 0.1) is 0 Å². The van der Waals surface area contributed by atoms with Gasteiger partial charge in [-0.15, -0.1) is 0 Å². The van der Waals surface area contributed by atoms with Crippen LogP contribution in [0.15, 0.2) is 52.1 Å². The maximum Gasteiger partial charge on any atom is 0.144 e. The van der Waals surface area contributed by atoms with Gasteiger partial charge in [-0.2, -0.15) is 0 Å². The van der Waals surface area contributed by atoms with E-state index in [4.69, 9.17) is 9.15 Å². The first-order chi connectivity index (χ1) is 7.88. The van der Waals surface area contributed by atoms with E-state index in [1.807, 2.05) is 43.3 Å². The Bertz CT molecular complexity index is 443. The molecule has 0 amide bonds. The van der Waals surface area contributed by atoms with E-state index in [1.54, 1.807) is 12.5 Å². The van der Waals surface area contributed by atoms with E-state index in [0.717, 1.165) is 17.2 Å². The van der Waals surface area contributed by atoms with Crippen molar-refractivity contribution >= 4 is 11.9 Å². The van der Waals surface area contributed by atoms with E-state index >= 15 is 0 Å². The SMILES string of the molecule is CCOc1ccc(N=Cc2ccco2)cc1. The molecule has 82 valence electrons. The molecule has 0 aliphatic carbocycles. The summed E-state index contributed by atoms with van der Waals surface area (Å²) in [4.78, 5) is 4.28. The summed E-state index contributed by atoms with van der Waals surface area (Å²) in [6, 6.07) is 11.3. The summed E-state index contributed by atoms with van der Waals surface area (Å²) >= 11 is 0. The molecule has 1 heterocycles. The molecule has 2 rings (SSSR count). The van der Waals surface area contributed by atoms with E-state index in [0.29, 0.717) is 6.61 Å². The van der Waals surface area contributed by atoms with Gasteiger partial charge >= 0.3 is 0 Å². The Kier molecular flexibility index (Phi) is 3.38. The van der Waals surface area contributed by atoms with Crippen LogP contribution in [0.1, 0.15) is 12.7 Å². The maximum absolute atomic E-state index is 5.34. The normalized spacial score (nSPS) is 10.8. The van der Waals surface area contributed by atoms with Crippen molar-refractivity contribution in [3.8, 4) is 5.75 Å². The minimum Gasteiger partial charge on any atom is -0.494 e. The third-order valence-electron chi connectivity index (χ3n) is 2.03. The molecule has 0 saturated heterocycles. The fraction of sp³-hybridized carbons (Fsp3) is 0.154. The van der Waals surface area contributed by atoms with Gasteiger partial charge in [-0.05, 0) is 43.3 Å². The molecule has 0 aliphatic rings. The molecule has 16 heavy (non-hydrogen) atoms. The molecule has 0 fully saturated rings. The van der Waals surface area contributed by atoms with E-state index in [-0.39, 0.29) is 0 Å². The zero-order valence-corrected chi connectivity index (χ0v) is 9.09. The highest BCUT2D eigenvalue weighted by Crippen LogP contribution is 2.17. The lowest BCUT2D eigenvalue weighted by Gasteiger charge is -2.01. The van der Waals surface area contributed by atoms with Gasteiger partial charge in [0.25, 0.3) is 0 Å². The summed E-state index contributed by atoms with van der Waals surface area (Å²) in [5, 5.41) is 0. The molecular weight excluding hydrogens is 202 g/mol. The quantitative estimate of drug-likeness (QED) is 0.732. The van der Waals surface area contributed by atoms with Crippen molar-refractivity contribution in [2.24, 2.45) is 4.99 Å². The Hall–Kier alpha value is -2.03. The molecule has 0 N–H and O–H groups in total. The van der Waals surface area contributed by atoms with Gasteiger partial charge in [0, 0.05) is 0 Å². The third-order valence-corrected chi connectivity index (χ3v) is 2.03. The lowest BCUT2D eigenvalue weighted by molar-refractivity contribution is 0.340. The van der Waals surface area contributed by atoms with Crippen molar-refractivity contribution in [3.63, 3.8) is 0 Å². The zero-order chi connectivity index (χ0) is 11.2. The van der Waals surface area contributed by atoms with Crippen LogP contribution in [0.3, 0.4) is 0 Å². The topological polar surface area (TPSA) is 34.7 Å². The fourth-order valence-electron chi connectivity index (χ4n) is 1.30. The molecule has 3 nitrogen and oxygen atoms in total. The average Bonchev–Trinajstić information content (AvgIpc) is 2.82. The van der Waals surface area contributed by atoms with Crippen LogP contribution in [0.25, 0.3) is 0 Å². The van der Waals surface area contributed by atoms with Gasteiger partial charge in [-0.1, -0.05) is 0 Å². The van der Waals surface area contributed by atoms with Crippen LogP contribution >= 0.6 is 0 Å². The van der Waals surface area contributed by atoms with Crippen molar-refractivity contribution in [2.45, 2.75) is 6.92 Å². The van der Waals surface area contributed by atoms with Gasteiger partial charge in [-0.3, -0.25) is 4.99 Å². The highest BCUT2D eigenvalue weighted by atomic mass is 16.5. The molecule has 0 bridgehead atoms. The van der Waals surface area contributed by atoms with Gasteiger partial charge < -0.3 is 9.15 Å². The van der Waals surface area contributed by atoms with E-state index in [1.165, 1.54) is 0 Å². The van der Waals surface area contributed by atoms with Crippen molar-refractivity contribution in [3.05, 3.63) is 48.4 Å². The molecule has 0 unspecified atom stereocenters. The maximum atomic E-state index is 5.34. The molecule has 2 aromatic rings. The molecule has 0 saturated carbocycles. The molecular formula is C13H13NO2. The van der Waals surface area contributed by atoms with Gasteiger partial charge in [-0.25, -0.2) is 0 Å². The number of furan rings is 1. The number of aliphatic imine (C=N–C) groups is 1.